The van der Waals surface area contributed by atoms with Gasteiger partial charge in [-0.15, -0.1) is 0 Å². The number of nitrogens with one attached hydrogen (secondary N) is 1. The fraction of sp³-hybridized carbons (Fsp3) is 0.0714. The number of halogens is 2. The minimum absolute atomic E-state index is 0.757. The summed E-state index contributed by atoms with van der Waals surface area (Å²) in [6, 6.07) is 13.9. The van der Waals surface area contributed by atoms with Crippen LogP contribution in [-0.2, 0) is 6.42 Å². The minimum Gasteiger partial charge on any atom is -0.342 e. The van der Waals surface area contributed by atoms with E-state index in [0.29, 0.717) is 0 Å². The molecule has 0 saturated carbocycles. The first-order chi connectivity index (χ1) is 8.70. The van der Waals surface area contributed by atoms with Crippen molar-refractivity contribution in [1.29, 1.82) is 0 Å². The Morgan fingerprint density at radius 1 is 1.11 bits per heavy atom. The molecule has 0 unspecified atom stereocenters. The summed E-state index contributed by atoms with van der Waals surface area (Å²) in [6.45, 7) is 0. The van der Waals surface area contributed by atoms with Crippen LogP contribution in [0, 0.1) is 0 Å². The first kappa shape index (κ1) is 11.8. The molecule has 4 heteroatoms. The minimum atomic E-state index is 0.757. The molecule has 90 valence electrons. The Bertz CT molecular complexity index is 689. The van der Waals surface area contributed by atoms with Crippen molar-refractivity contribution in [2.75, 3.05) is 0 Å². The van der Waals surface area contributed by atoms with Crippen LogP contribution in [0.1, 0.15) is 11.4 Å². The molecular formula is C14H10BrClN2. The van der Waals surface area contributed by atoms with Gasteiger partial charge in [-0.05, 0) is 35.9 Å². The number of hydrogen-bond donors (Lipinski definition) is 1. The Balaban J connectivity index is 1.92. The Labute approximate surface area is 118 Å². The van der Waals surface area contributed by atoms with Gasteiger partial charge in [-0.1, -0.05) is 39.7 Å². The van der Waals surface area contributed by atoms with E-state index in [2.05, 4.69) is 25.9 Å². The molecule has 0 saturated heterocycles. The number of benzene rings is 2. The number of hydrogen-bond acceptors (Lipinski definition) is 1. The summed E-state index contributed by atoms with van der Waals surface area (Å²) >= 11 is 9.32. The van der Waals surface area contributed by atoms with Crippen molar-refractivity contribution in [2.24, 2.45) is 0 Å². The van der Waals surface area contributed by atoms with Crippen molar-refractivity contribution in [3.05, 3.63) is 63.3 Å². The van der Waals surface area contributed by atoms with Crippen LogP contribution >= 0.6 is 27.5 Å². The van der Waals surface area contributed by atoms with Gasteiger partial charge in [0.1, 0.15) is 5.82 Å². The molecule has 0 spiro atoms. The number of rotatable bonds is 2. The third kappa shape index (κ3) is 2.42. The molecular weight excluding hydrogens is 312 g/mol. The monoisotopic (exact) mass is 320 g/mol. The normalized spacial score (nSPS) is 11.0. The van der Waals surface area contributed by atoms with Gasteiger partial charge in [0.15, 0.2) is 0 Å². The smallest absolute Gasteiger partial charge is 0.111 e. The van der Waals surface area contributed by atoms with Crippen molar-refractivity contribution in [1.82, 2.24) is 9.97 Å². The van der Waals surface area contributed by atoms with E-state index in [1.807, 2.05) is 42.5 Å². The highest BCUT2D eigenvalue weighted by molar-refractivity contribution is 9.10. The maximum atomic E-state index is 5.87. The molecule has 2 nitrogen and oxygen atoms in total. The van der Waals surface area contributed by atoms with Gasteiger partial charge in [-0.3, -0.25) is 0 Å². The largest absolute Gasteiger partial charge is 0.342 e. The number of nitrogens with zero attached hydrogens (tertiary/aromatic N) is 1. The van der Waals surface area contributed by atoms with E-state index in [0.717, 1.165) is 32.8 Å². The summed E-state index contributed by atoms with van der Waals surface area (Å²) in [5.41, 5.74) is 3.23. The maximum Gasteiger partial charge on any atom is 0.111 e. The molecule has 0 aliphatic carbocycles. The molecule has 0 aliphatic heterocycles. The van der Waals surface area contributed by atoms with Gasteiger partial charge in [-0.25, -0.2) is 4.98 Å². The molecule has 0 radical (unpaired) electrons. The molecule has 0 bridgehead atoms. The van der Waals surface area contributed by atoms with Crippen LogP contribution in [0.4, 0.5) is 0 Å². The SMILES string of the molecule is Clc1ccc(Cc2nc3ccc(Br)cc3[nH]2)cc1. The van der Waals surface area contributed by atoms with Crippen LogP contribution in [0.25, 0.3) is 11.0 Å². The highest BCUT2D eigenvalue weighted by Crippen LogP contribution is 2.19. The lowest BCUT2D eigenvalue weighted by Crippen LogP contribution is -1.89. The molecule has 0 fully saturated rings. The molecule has 18 heavy (non-hydrogen) atoms. The van der Waals surface area contributed by atoms with Crippen LogP contribution in [0.5, 0.6) is 0 Å². The quantitative estimate of drug-likeness (QED) is 0.736. The van der Waals surface area contributed by atoms with E-state index in [-0.39, 0.29) is 0 Å². The van der Waals surface area contributed by atoms with Gasteiger partial charge in [0.25, 0.3) is 0 Å². The predicted molar refractivity (Wildman–Crippen MR) is 78.1 cm³/mol. The molecule has 1 N–H and O–H groups in total. The first-order valence-corrected chi connectivity index (χ1v) is 6.76. The highest BCUT2D eigenvalue weighted by atomic mass is 79.9. The summed E-state index contributed by atoms with van der Waals surface area (Å²) < 4.78 is 1.05. The molecule has 1 aromatic heterocycles. The van der Waals surface area contributed by atoms with E-state index < -0.39 is 0 Å². The Hall–Kier alpha value is -1.32. The Kier molecular flexibility index (Phi) is 3.10. The second-order valence-electron chi connectivity index (χ2n) is 4.15. The molecule has 0 aliphatic rings. The van der Waals surface area contributed by atoms with E-state index in [4.69, 9.17) is 11.6 Å². The van der Waals surface area contributed by atoms with Gasteiger partial charge >= 0.3 is 0 Å². The van der Waals surface area contributed by atoms with Crippen molar-refractivity contribution < 1.29 is 0 Å². The highest BCUT2D eigenvalue weighted by Gasteiger charge is 2.04. The molecule has 3 rings (SSSR count). The van der Waals surface area contributed by atoms with Crippen LogP contribution < -0.4 is 0 Å². The first-order valence-electron chi connectivity index (χ1n) is 5.59. The Morgan fingerprint density at radius 2 is 1.89 bits per heavy atom. The number of imidazole rings is 1. The molecule has 3 aromatic rings. The summed E-state index contributed by atoms with van der Waals surface area (Å²) in [5.74, 6) is 0.963. The van der Waals surface area contributed by atoms with Gasteiger partial charge in [0, 0.05) is 15.9 Å². The standard InChI is InChI=1S/C14H10BrClN2/c15-10-3-6-12-13(8-10)18-14(17-12)7-9-1-4-11(16)5-2-9/h1-6,8H,7H2,(H,17,18). The van der Waals surface area contributed by atoms with Crippen LogP contribution in [0.2, 0.25) is 5.02 Å². The number of aromatic nitrogens is 2. The van der Waals surface area contributed by atoms with Crippen LogP contribution in [0.3, 0.4) is 0 Å². The molecule has 2 aromatic carbocycles. The number of fused-ring (bicyclic) bond motifs is 1. The maximum absolute atomic E-state index is 5.87. The van der Waals surface area contributed by atoms with E-state index in [1.165, 1.54) is 5.56 Å². The topological polar surface area (TPSA) is 28.7 Å². The fourth-order valence-electron chi connectivity index (χ4n) is 1.91. The lowest BCUT2D eigenvalue weighted by molar-refractivity contribution is 1.04. The lowest BCUT2D eigenvalue weighted by atomic mass is 10.1. The number of aromatic amines is 1. The van der Waals surface area contributed by atoms with Crippen molar-refractivity contribution in [2.45, 2.75) is 6.42 Å². The van der Waals surface area contributed by atoms with E-state index in [1.54, 1.807) is 0 Å². The molecule has 0 amide bonds. The molecule has 0 atom stereocenters. The fourth-order valence-corrected chi connectivity index (χ4v) is 2.40. The number of H-pyrrole nitrogens is 1. The van der Waals surface area contributed by atoms with Crippen molar-refractivity contribution in [3.63, 3.8) is 0 Å². The average Bonchev–Trinajstić information content (AvgIpc) is 2.73. The van der Waals surface area contributed by atoms with Gasteiger partial charge in [0.2, 0.25) is 0 Å². The average molecular weight is 322 g/mol. The van der Waals surface area contributed by atoms with Gasteiger partial charge in [0.05, 0.1) is 11.0 Å². The third-order valence-electron chi connectivity index (χ3n) is 2.78. The summed E-state index contributed by atoms with van der Waals surface area (Å²) in [5, 5.41) is 0.757. The van der Waals surface area contributed by atoms with Gasteiger partial charge < -0.3 is 4.98 Å². The second kappa shape index (κ2) is 4.75. The zero-order valence-electron chi connectivity index (χ0n) is 9.45. The van der Waals surface area contributed by atoms with Crippen LogP contribution in [0.15, 0.2) is 46.9 Å². The lowest BCUT2D eigenvalue weighted by Gasteiger charge is -1.97. The third-order valence-corrected chi connectivity index (χ3v) is 3.52. The summed E-state index contributed by atoms with van der Waals surface area (Å²) in [6.07, 6.45) is 0.781. The van der Waals surface area contributed by atoms with E-state index >= 15 is 0 Å². The molecule has 1 heterocycles. The van der Waals surface area contributed by atoms with Crippen molar-refractivity contribution >= 4 is 38.6 Å². The van der Waals surface area contributed by atoms with Crippen molar-refractivity contribution in [3.8, 4) is 0 Å². The Morgan fingerprint density at radius 3 is 2.67 bits per heavy atom. The summed E-state index contributed by atoms with van der Waals surface area (Å²) in [4.78, 5) is 7.89. The predicted octanol–water partition coefficient (Wildman–Crippen LogP) is 4.57. The summed E-state index contributed by atoms with van der Waals surface area (Å²) in [7, 11) is 0. The van der Waals surface area contributed by atoms with Crippen LogP contribution in [-0.4, -0.2) is 9.97 Å². The second-order valence-corrected chi connectivity index (χ2v) is 5.50. The zero-order valence-corrected chi connectivity index (χ0v) is 11.8. The van der Waals surface area contributed by atoms with Gasteiger partial charge in [-0.2, -0.15) is 0 Å². The zero-order chi connectivity index (χ0) is 12.5. The van der Waals surface area contributed by atoms with E-state index in [9.17, 15) is 0 Å².